The summed E-state index contributed by atoms with van der Waals surface area (Å²) in [6, 6.07) is 20.6. The molecular weight excluding hydrogens is 431 g/mol. The Hall–Kier alpha value is -3.39. The largest absolute Gasteiger partial charge is 0.489 e. The van der Waals surface area contributed by atoms with Gasteiger partial charge in [-0.15, -0.1) is 0 Å². The Labute approximate surface area is 187 Å². The summed E-state index contributed by atoms with van der Waals surface area (Å²) in [5.41, 5.74) is 1.77. The summed E-state index contributed by atoms with van der Waals surface area (Å²) in [7, 11) is -3.79. The highest BCUT2D eigenvalue weighted by molar-refractivity contribution is 7.92. The van der Waals surface area contributed by atoms with Crippen molar-refractivity contribution in [2.24, 2.45) is 0 Å². The van der Waals surface area contributed by atoms with Crippen LogP contribution in [-0.4, -0.2) is 26.6 Å². The van der Waals surface area contributed by atoms with Crippen molar-refractivity contribution in [1.29, 1.82) is 0 Å². The van der Waals surface area contributed by atoms with Crippen molar-refractivity contribution in [3.63, 3.8) is 0 Å². The predicted octanol–water partition coefficient (Wildman–Crippen LogP) is 4.59. The van der Waals surface area contributed by atoms with Crippen LogP contribution in [0.4, 0.5) is 15.8 Å². The average molecular weight is 457 g/mol. The Kier molecular flexibility index (Phi) is 7.48. The maximum atomic E-state index is 13.3. The van der Waals surface area contributed by atoms with Gasteiger partial charge in [0, 0.05) is 5.69 Å². The highest BCUT2D eigenvalue weighted by Gasteiger charge is 2.31. The lowest BCUT2D eigenvalue weighted by molar-refractivity contribution is -0.117. The smallest absolute Gasteiger partial charge is 0.248 e. The first-order valence-electron chi connectivity index (χ1n) is 10.1. The van der Waals surface area contributed by atoms with E-state index in [4.69, 9.17) is 4.74 Å². The lowest BCUT2D eigenvalue weighted by Crippen LogP contribution is -2.47. The lowest BCUT2D eigenvalue weighted by Gasteiger charge is -2.30. The molecular formula is C24H25FN2O4S. The van der Waals surface area contributed by atoms with Gasteiger partial charge >= 0.3 is 0 Å². The molecule has 8 heteroatoms. The second-order valence-electron chi connectivity index (χ2n) is 7.25. The van der Waals surface area contributed by atoms with Gasteiger partial charge in [-0.25, -0.2) is 12.8 Å². The topological polar surface area (TPSA) is 75.7 Å². The molecule has 0 heterocycles. The molecule has 1 unspecified atom stereocenters. The zero-order valence-electron chi connectivity index (χ0n) is 17.9. The van der Waals surface area contributed by atoms with Crippen molar-refractivity contribution in [2.45, 2.75) is 26.0 Å². The number of benzene rings is 3. The monoisotopic (exact) mass is 456 g/mol. The summed E-state index contributed by atoms with van der Waals surface area (Å²) in [5.74, 6) is -0.336. The second-order valence-corrected chi connectivity index (χ2v) is 9.11. The minimum absolute atomic E-state index is 0.223. The number of nitrogens with one attached hydrogen (secondary N) is 1. The van der Waals surface area contributed by atoms with Crippen LogP contribution in [0.2, 0.25) is 0 Å². The summed E-state index contributed by atoms with van der Waals surface area (Å²) in [5, 5.41) is 2.75. The number of hydrogen-bond donors (Lipinski definition) is 1. The first kappa shape index (κ1) is 23.3. The first-order valence-corrected chi connectivity index (χ1v) is 12.0. The molecule has 1 atom stereocenters. The van der Waals surface area contributed by atoms with Gasteiger partial charge in [-0.3, -0.25) is 9.10 Å². The fraction of sp³-hybridized carbons (Fsp3) is 0.208. The van der Waals surface area contributed by atoms with Crippen LogP contribution in [0.3, 0.4) is 0 Å². The van der Waals surface area contributed by atoms with Crippen LogP contribution >= 0.6 is 0 Å². The maximum absolute atomic E-state index is 13.3. The number of anilines is 2. The van der Waals surface area contributed by atoms with E-state index in [1.54, 1.807) is 31.2 Å². The minimum Gasteiger partial charge on any atom is -0.489 e. The zero-order chi connectivity index (χ0) is 23.1. The molecule has 3 aromatic carbocycles. The third-order valence-corrected chi connectivity index (χ3v) is 5.96. The number of carbonyl (C=O) groups is 1. The molecule has 168 valence electrons. The van der Waals surface area contributed by atoms with Crippen molar-refractivity contribution in [3.8, 4) is 5.75 Å². The van der Waals surface area contributed by atoms with Crippen molar-refractivity contribution < 1.29 is 22.3 Å². The van der Waals surface area contributed by atoms with E-state index in [2.05, 4.69) is 5.32 Å². The van der Waals surface area contributed by atoms with E-state index in [-0.39, 0.29) is 12.1 Å². The third-order valence-electron chi connectivity index (χ3n) is 4.78. The first-order chi connectivity index (χ1) is 15.3. The molecule has 0 bridgehead atoms. The fourth-order valence-electron chi connectivity index (χ4n) is 3.25. The molecule has 1 N–H and O–H groups in total. The molecule has 0 aliphatic carbocycles. The molecule has 3 rings (SSSR count). The highest BCUT2D eigenvalue weighted by Crippen LogP contribution is 2.24. The Bertz CT molecular complexity index is 1130. The lowest BCUT2D eigenvalue weighted by atomic mass is 10.1. The molecule has 0 radical (unpaired) electrons. The molecule has 32 heavy (non-hydrogen) atoms. The zero-order valence-corrected chi connectivity index (χ0v) is 18.7. The van der Waals surface area contributed by atoms with Crippen LogP contribution in [0.15, 0.2) is 78.9 Å². The quantitative estimate of drug-likeness (QED) is 0.511. The number of nitrogens with zero attached hydrogens (tertiary/aromatic N) is 1. The van der Waals surface area contributed by atoms with Gasteiger partial charge in [0.15, 0.2) is 0 Å². The standard InChI is InChI=1S/C24H25FN2O4S/c1-3-23(27(32(2,29)30)21-13-9-19(25)10-14-21)24(28)26-20-11-15-22(16-12-20)31-17-18-7-5-4-6-8-18/h4-16,23H,3,17H2,1-2H3,(H,26,28). The normalized spacial score (nSPS) is 12.1. The number of carbonyl (C=O) groups excluding carboxylic acids is 1. The SMILES string of the molecule is CCC(C(=O)Nc1ccc(OCc2ccccc2)cc1)N(c1ccc(F)cc1)S(C)(=O)=O. The number of rotatable bonds is 9. The Morgan fingerprint density at radius 1 is 1.00 bits per heavy atom. The molecule has 0 aliphatic heterocycles. The Balaban J connectivity index is 1.71. The maximum Gasteiger partial charge on any atom is 0.248 e. The molecule has 0 spiro atoms. The van der Waals surface area contributed by atoms with Gasteiger partial charge in [0.2, 0.25) is 15.9 Å². The van der Waals surface area contributed by atoms with Crippen LogP contribution in [0, 0.1) is 5.82 Å². The number of ether oxygens (including phenoxy) is 1. The molecule has 0 fully saturated rings. The summed E-state index contributed by atoms with van der Waals surface area (Å²) in [4.78, 5) is 12.9. The number of hydrogen-bond acceptors (Lipinski definition) is 4. The molecule has 3 aromatic rings. The van der Waals surface area contributed by atoms with Gasteiger partial charge < -0.3 is 10.1 Å². The Morgan fingerprint density at radius 2 is 1.62 bits per heavy atom. The van der Waals surface area contributed by atoms with Gasteiger partial charge in [0.25, 0.3) is 0 Å². The van der Waals surface area contributed by atoms with E-state index >= 15 is 0 Å². The van der Waals surface area contributed by atoms with Gasteiger partial charge in [0.1, 0.15) is 24.2 Å². The summed E-state index contributed by atoms with van der Waals surface area (Å²) in [6.45, 7) is 2.14. The van der Waals surface area contributed by atoms with Crippen LogP contribution in [0.25, 0.3) is 0 Å². The van der Waals surface area contributed by atoms with Crippen molar-refractivity contribution in [3.05, 3.63) is 90.2 Å². The van der Waals surface area contributed by atoms with E-state index in [0.717, 1.165) is 28.3 Å². The molecule has 0 saturated heterocycles. The number of halogens is 1. The average Bonchev–Trinajstić information content (AvgIpc) is 2.77. The molecule has 0 aromatic heterocycles. The van der Waals surface area contributed by atoms with Crippen molar-refractivity contribution in [1.82, 2.24) is 0 Å². The third kappa shape index (κ3) is 6.07. The molecule has 1 amide bonds. The number of sulfonamides is 1. The minimum atomic E-state index is -3.79. The molecule has 0 aliphatic rings. The number of amides is 1. The van der Waals surface area contributed by atoms with E-state index in [0.29, 0.717) is 18.0 Å². The van der Waals surface area contributed by atoms with E-state index in [1.807, 2.05) is 30.3 Å². The fourth-order valence-corrected chi connectivity index (χ4v) is 4.46. The van der Waals surface area contributed by atoms with Crippen LogP contribution in [-0.2, 0) is 21.4 Å². The van der Waals surface area contributed by atoms with E-state index < -0.39 is 27.8 Å². The van der Waals surface area contributed by atoms with Gasteiger partial charge in [-0.05, 0) is 60.5 Å². The predicted molar refractivity (Wildman–Crippen MR) is 124 cm³/mol. The molecule has 6 nitrogen and oxygen atoms in total. The van der Waals surface area contributed by atoms with E-state index in [1.165, 1.54) is 12.1 Å². The summed E-state index contributed by atoms with van der Waals surface area (Å²) in [6.07, 6.45) is 1.25. The van der Waals surface area contributed by atoms with Crippen LogP contribution in [0.1, 0.15) is 18.9 Å². The van der Waals surface area contributed by atoms with Crippen LogP contribution in [0.5, 0.6) is 5.75 Å². The van der Waals surface area contributed by atoms with Gasteiger partial charge in [-0.1, -0.05) is 37.3 Å². The molecule has 0 saturated carbocycles. The van der Waals surface area contributed by atoms with Crippen molar-refractivity contribution in [2.75, 3.05) is 15.9 Å². The van der Waals surface area contributed by atoms with Crippen LogP contribution < -0.4 is 14.4 Å². The van der Waals surface area contributed by atoms with E-state index in [9.17, 15) is 17.6 Å². The second kappa shape index (κ2) is 10.3. The highest BCUT2D eigenvalue weighted by atomic mass is 32.2. The summed E-state index contributed by atoms with van der Waals surface area (Å²) >= 11 is 0. The Morgan fingerprint density at radius 3 is 2.19 bits per heavy atom. The summed E-state index contributed by atoms with van der Waals surface area (Å²) < 4.78 is 44.9. The van der Waals surface area contributed by atoms with Gasteiger partial charge in [-0.2, -0.15) is 0 Å². The van der Waals surface area contributed by atoms with Crippen molar-refractivity contribution >= 4 is 27.3 Å². The van der Waals surface area contributed by atoms with Gasteiger partial charge in [0.05, 0.1) is 11.9 Å².